The molecule has 34 heteroatoms. The molecule has 14 aromatic rings. The molecule has 14 heterocycles. The minimum Gasteiger partial charge on any atom is -0.469 e. The predicted octanol–water partition coefficient (Wildman–Crippen LogP) is 16.1. The van der Waals surface area contributed by atoms with Gasteiger partial charge in [-0.1, -0.05) is 177 Å². The minimum absolute atomic E-state index is 0.0299. The fourth-order valence-electron chi connectivity index (χ4n) is 19.5. The lowest BCUT2D eigenvalue weighted by Crippen LogP contribution is -2.55. The number of aliphatic hydroxyl groups is 2. The normalized spacial score (nSPS) is 20.3. The summed E-state index contributed by atoms with van der Waals surface area (Å²) in [5.41, 5.74) is 7.44. The van der Waals surface area contributed by atoms with Crippen molar-refractivity contribution in [3.8, 4) is 91.1 Å². The third-order valence-corrected chi connectivity index (χ3v) is 28.3. The average molecular weight is 1790 g/mol. The molecule has 0 fully saturated rings. The van der Waals surface area contributed by atoms with Crippen molar-refractivity contribution in [3.63, 3.8) is 0 Å². The highest BCUT2D eigenvalue weighted by Gasteiger charge is 2.64. The van der Waals surface area contributed by atoms with E-state index in [0.717, 1.165) is 67.0 Å². The van der Waals surface area contributed by atoms with Crippen molar-refractivity contribution in [1.82, 2.24) is 51.2 Å². The third kappa shape index (κ3) is 13.4. The second-order valence-corrected chi connectivity index (χ2v) is 37.5. The van der Waals surface area contributed by atoms with E-state index >= 15 is 0 Å². The van der Waals surface area contributed by atoms with Crippen LogP contribution in [0, 0.1) is 11.8 Å². The molecular weight excluding hydrogens is 1700 g/mol. The van der Waals surface area contributed by atoms with Crippen LogP contribution in [-0.2, 0) is 74.2 Å². The van der Waals surface area contributed by atoms with Gasteiger partial charge in [-0.05, 0) is 107 Å². The minimum atomic E-state index is -4.94. The Morgan fingerprint density at radius 2 is 0.931 bits per heavy atom. The molecule has 0 radical (unpaired) electrons. The number of phosphoric ester groups is 2. The number of carbonyl (C=O) groups excluding carboxylic acids is 4. The first-order chi connectivity index (χ1) is 62.6. The Hall–Kier alpha value is -13.4. The van der Waals surface area contributed by atoms with Crippen molar-refractivity contribution >= 4 is 72.5 Å². The van der Waals surface area contributed by atoms with Crippen LogP contribution in [-0.4, -0.2) is 109 Å². The Balaban J connectivity index is 0.000000161. The number of hydrogen-bond donors (Lipinski definition) is 12. The summed E-state index contributed by atoms with van der Waals surface area (Å²) in [5, 5.41) is 43.1. The largest absolute Gasteiger partial charge is 0.530 e. The molecule has 130 heavy (non-hydrogen) atoms. The number of carbonyl (C=O) groups is 4. The summed E-state index contributed by atoms with van der Waals surface area (Å²) >= 11 is 0. The summed E-state index contributed by atoms with van der Waals surface area (Å²) in [4.78, 5) is 102. The lowest BCUT2D eigenvalue weighted by Gasteiger charge is -2.30. The van der Waals surface area contributed by atoms with Crippen LogP contribution in [0.15, 0.2) is 200 Å². The molecule has 2 spiro atoms. The first-order valence-corrected chi connectivity index (χ1v) is 46.4. The van der Waals surface area contributed by atoms with Gasteiger partial charge in [0.1, 0.15) is 57.7 Å². The molecule has 664 valence electrons. The number of benzene rings is 8. The van der Waals surface area contributed by atoms with Gasteiger partial charge in [-0.15, -0.1) is 0 Å². The van der Waals surface area contributed by atoms with Gasteiger partial charge in [-0.3, -0.25) is 38.0 Å². The maximum absolute atomic E-state index is 14.8. The van der Waals surface area contributed by atoms with Crippen LogP contribution in [0.4, 0.5) is 11.4 Å². The topological polar surface area (TPSA) is 447 Å². The Kier molecular flexibility index (Phi) is 20.0. The zero-order valence-corrected chi connectivity index (χ0v) is 73.4. The van der Waals surface area contributed by atoms with Gasteiger partial charge in [0.25, 0.3) is 11.8 Å². The monoisotopic (exact) mass is 1790 g/mol. The van der Waals surface area contributed by atoms with Gasteiger partial charge in [0.15, 0.2) is 58.4 Å². The number of aromatic nitrogens is 6. The summed E-state index contributed by atoms with van der Waals surface area (Å²) in [5.74, 6) is 0.751. The highest BCUT2D eigenvalue weighted by Crippen LogP contribution is 2.65. The van der Waals surface area contributed by atoms with E-state index in [9.17, 15) is 48.3 Å². The number of para-hydroxylation sites is 2. The average Bonchev–Trinajstić information content (AvgIpc) is 1.51. The molecule has 8 aliphatic heterocycles. The maximum Gasteiger partial charge on any atom is 0.530 e. The summed E-state index contributed by atoms with van der Waals surface area (Å²) in [6.07, 6.45) is 5.94. The van der Waals surface area contributed by atoms with E-state index in [1.165, 1.54) is 6.07 Å². The van der Waals surface area contributed by atoms with Gasteiger partial charge in [0.05, 0.1) is 36.6 Å². The van der Waals surface area contributed by atoms with E-state index < -0.39 is 97.9 Å². The van der Waals surface area contributed by atoms with Crippen LogP contribution >= 0.6 is 15.6 Å². The zero-order valence-electron chi connectivity index (χ0n) is 71.6. The number of H-pyrrole nitrogens is 2. The summed E-state index contributed by atoms with van der Waals surface area (Å²) in [6, 6.07) is 45.3. The molecule has 8 atom stereocenters. The van der Waals surface area contributed by atoms with Crippen LogP contribution in [0.2, 0.25) is 0 Å². The van der Waals surface area contributed by atoms with Crippen molar-refractivity contribution < 1.29 is 93.5 Å². The van der Waals surface area contributed by atoms with Crippen LogP contribution in [0.25, 0.3) is 89.9 Å². The molecule has 32 nitrogen and oxygen atoms in total. The quantitative estimate of drug-likeness (QED) is 0.0315. The number of aromatic amines is 2. The molecule has 6 aromatic heterocycles. The number of fused-ring (bicyclic) bond motifs is 14. The van der Waals surface area contributed by atoms with E-state index in [-0.39, 0.29) is 104 Å². The number of phosphoric acid groups is 2. The van der Waals surface area contributed by atoms with E-state index in [2.05, 4.69) is 41.9 Å². The molecule has 20 bridgehead atoms. The third-order valence-electron chi connectivity index (χ3n) is 26.5. The van der Waals surface area contributed by atoms with E-state index in [1.54, 1.807) is 64.6 Å². The molecule has 0 saturated carbocycles. The van der Waals surface area contributed by atoms with Crippen molar-refractivity contribution in [3.05, 3.63) is 250 Å². The first-order valence-electron chi connectivity index (χ1n) is 43.4. The predicted molar refractivity (Wildman–Crippen MR) is 475 cm³/mol. The van der Waals surface area contributed by atoms with E-state index in [1.807, 2.05) is 167 Å². The molecule has 8 aliphatic rings. The van der Waals surface area contributed by atoms with Crippen molar-refractivity contribution in [2.75, 3.05) is 10.6 Å². The van der Waals surface area contributed by atoms with Crippen LogP contribution < -0.4 is 50.4 Å². The van der Waals surface area contributed by atoms with Crippen LogP contribution in [0.5, 0.6) is 23.0 Å². The summed E-state index contributed by atoms with van der Waals surface area (Å²) < 4.78 is 91.7. The van der Waals surface area contributed by atoms with Gasteiger partial charge in [-0.2, -0.15) is 0 Å². The lowest BCUT2D eigenvalue weighted by atomic mass is 9.72. The smallest absolute Gasteiger partial charge is 0.469 e. The Morgan fingerprint density at radius 3 is 1.34 bits per heavy atom. The number of oxazole rings is 4. The van der Waals surface area contributed by atoms with Gasteiger partial charge >= 0.3 is 15.6 Å². The second-order valence-electron chi connectivity index (χ2n) is 34.7. The van der Waals surface area contributed by atoms with Crippen LogP contribution in [0.1, 0.15) is 161 Å². The van der Waals surface area contributed by atoms with Gasteiger partial charge in [-0.25, -0.2) is 29.1 Å². The lowest BCUT2D eigenvalue weighted by molar-refractivity contribution is -0.143. The van der Waals surface area contributed by atoms with Crippen molar-refractivity contribution in [2.24, 2.45) is 11.8 Å². The Labute approximate surface area is 742 Å². The molecule has 8 aromatic carbocycles. The number of nitrogens with one attached hydrogen (secondary N) is 8. The van der Waals surface area contributed by atoms with Crippen molar-refractivity contribution in [1.29, 1.82) is 0 Å². The molecule has 4 unspecified atom stereocenters. The van der Waals surface area contributed by atoms with Crippen LogP contribution in [0.3, 0.4) is 0 Å². The fraction of sp³-hybridized carbons (Fsp3) is 0.292. The van der Waals surface area contributed by atoms with Crippen molar-refractivity contribution in [2.45, 2.75) is 166 Å². The number of rotatable bonds is 20. The molecule has 4 amide bonds. The fourth-order valence-corrected chi connectivity index (χ4v) is 21.1. The highest BCUT2D eigenvalue weighted by atomic mass is 31.2. The molecule has 22 rings (SSSR count). The number of amides is 4. The summed E-state index contributed by atoms with van der Waals surface area (Å²) in [6.45, 7) is 14.6. The first kappa shape index (κ1) is 83.5. The van der Waals surface area contributed by atoms with Gasteiger partial charge < -0.3 is 88.3 Å². The number of anilines is 2. The molecule has 0 saturated heterocycles. The number of nitrogens with zero attached hydrogens (tertiary/aromatic N) is 4. The Bertz CT molecular complexity index is 7010. The molecule has 12 N–H and O–H groups in total. The standard InChI is InChI=1S/C55H51N6O10P.C41H39N6O10P/c1-5-54(64,6-2)52(63)58-39-25-33-20-22-40-38(24-33)55-37-19-13-18-35(45(37)61-53(55)69-40)34-21-23-41(71-72(65,66-28-31-14-9-7-10-15-31)67-29-32-16-11-8-12-17-32)46-43(34)36(26-56-46)42-27-57-50(68-42)47-48(55)70-51(60-47)44(30(3)4)59-49(39)62;1-5-40(50,6-2)38(49)44-25-15-19-10-12-26-24(14-19)41-23-9-7-8-21(31(23)47-39(41)55-26)20-11-13-27(57-58(51,52)53)32-29(20)22(16-42-32)28-17-43-36(54-28)33-34(41)56-37(46-33)30(18(3)4)45-35(25)48/h7-24,26-27,30,39,44,53,56,61,64H,5-6,25,28-29H2,1-4H3,(H,58,63)(H,59,62);7-14,16-18,25,30,39,42,47,50H,5-6,15H2,1-4H3,(H,44,49)(H,45,48)(H2,51,52,53)/t39-,44-,53?,55?;25-,30-,39?,41?/m00/s1. The van der Waals surface area contributed by atoms with E-state index in [4.69, 9.17) is 65.2 Å². The zero-order chi connectivity index (χ0) is 90.0. The van der Waals surface area contributed by atoms with Gasteiger partial charge in [0, 0.05) is 91.9 Å². The highest BCUT2D eigenvalue weighted by molar-refractivity contribution is 7.49. The maximum atomic E-state index is 14.8. The summed E-state index contributed by atoms with van der Waals surface area (Å²) in [7, 11) is -9.26. The number of ether oxygens (including phenoxy) is 2. The van der Waals surface area contributed by atoms with Gasteiger partial charge in [0.2, 0.25) is 35.4 Å². The second kappa shape index (κ2) is 31.2. The molecule has 0 aliphatic carbocycles. The van der Waals surface area contributed by atoms with E-state index in [0.29, 0.717) is 84.3 Å². The SMILES string of the molecule is CCC(O)(CC)C(=O)N[C@H]1Cc2ccc3c(c2)C24c5cccc(c5NC2O3)-c2ccc(OP(=O)(O)O)c3[nH]cc(c23)-c2cnc(o2)-c2nc(oc24)[C@H](C(C)C)NC1=O.CCC(O)(CC)C(=O)N[C@H]1Cc2ccc3c(c2)C24c5cccc(c5NC2O3)-c2ccc(OP(=O)(OCc3ccccc3)OCc3ccccc3)c3[nH]cc(c23)-c2cnc(o2)-c2nc(oc24)[C@H](C(C)C)NC1=O. The Morgan fingerprint density at radius 1 is 0.508 bits per heavy atom. The number of hydrogen-bond acceptors (Lipinski definition) is 24. The molecular formula is C96H90N12O20P2.